The predicted octanol–water partition coefficient (Wildman–Crippen LogP) is 3.21. The average molecular weight is 474 g/mol. The van der Waals surface area contributed by atoms with Crippen molar-refractivity contribution in [3.05, 3.63) is 83.8 Å². The van der Waals surface area contributed by atoms with E-state index in [2.05, 4.69) is 35.0 Å². The first-order chi connectivity index (χ1) is 17.5. The standard InChI is InChI=1S/C14H18N2O.C12H12N2O2.C2H2/c1-3-8-15-14(17)13-10-16(2)9-11-6-4-5-7-12(11)13;15-6-5-14-12(16)11-8-13-7-9-3-1-2-4-10(9)11;1-2/h4-7,10H,3,8-9H2,1-2H3,(H,15,17);1-4,7-8,15H,5-6H2,(H,14,16);1-2H/i;;1D. The number of hydrogen-bond acceptors (Lipinski definition) is 5. The first-order valence-corrected chi connectivity index (χ1v) is 11.3. The van der Waals surface area contributed by atoms with E-state index >= 15 is 0 Å². The highest BCUT2D eigenvalue weighted by atomic mass is 16.3. The van der Waals surface area contributed by atoms with Crippen molar-refractivity contribution >= 4 is 28.2 Å². The normalized spacial score (nSPS) is 11.8. The lowest BCUT2D eigenvalue weighted by atomic mass is 9.96. The number of carbonyl (C=O) groups is 2. The number of nitrogens with zero attached hydrogens (tertiary/aromatic N) is 2. The molecule has 182 valence electrons. The van der Waals surface area contributed by atoms with Crippen LogP contribution in [-0.4, -0.2) is 53.5 Å². The molecule has 0 radical (unpaired) electrons. The number of carbonyl (C=O) groups excluding carboxylic acids is 2. The Morgan fingerprint density at radius 2 is 1.77 bits per heavy atom. The summed E-state index contributed by atoms with van der Waals surface area (Å²) in [6.07, 6.45) is 11.9. The van der Waals surface area contributed by atoms with Gasteiger partial charge in [-0.05, 0) is 22.9 Å². The second-order valence-corrected chi connectivity index (χ2v) is 7.76. The van der Waals surface area contributed by atoms with E-state index in [9.17, 15) is 9.59 Å². The summed E-state index contributed by atoms with van der Waals surface area (Å²) in [7, 11) is 1.99. The number of hydrogen-bond donors (Lipinski definition) is 3. The molecule has 4 rings (SSSR count). The summed E-state index contributed by atoms with van der Waals surface area (Å²) in [4.78, 5) is 29.9. The molecule has 0 spiro atoms. The van der Waals surface area contributed by atoms with Crippen molar-refractivity contribution in [2.24, 2.45) is 0 Å². The molecule has 0 bridgehead atoms. The van der Waals surface area contributed by atoms with Gasteiger partial charge in [-0.2, -0.15) is 0 Å². The van der Waals surface area contributed by atoms with Gasteiger partial charge in [0.05, 0.1) is 17.7 Å². The van der Waals surface area contributed by atoms with Gasteiger partial charge < -0.3 is 20.6 Å². The predicted molar refractivity (Wildman–Crippen MR) is 140 cm³/mol. The minimum absolute atomic E-state index is 0.0193. The average Bonchev–Trinajstić information content (AvgIpc) is 2.90. The Hall–Kier alpha value is -4.15. The summed E-state index contributed by atoms with van der Waals surface area (Å²) in [5.41, 5.74) is 3.56. The number of aromatic nitrogens is 1. The van der Waals surface area contributed by atoms with E-state index in [0.29, 0.717) is 5.56 Å². The number of nitrogens with one attached hydrogen (secondary N) is 2. The number of terminal acetylenes is 1. The van der Waals surface area contributed by atoms with E-state index in [0.717, 1.165) is 41.4 Å². The molecular weight excluding hydrogens is 440 g/mol. The summed E-state index contributed by atoms with van der Waals surface area (Å²) in [6, 6.07) is 15.6. The Morgan fingerprint density at radius 3 is 2.51 bits per heavy atom. The van der Waals surface area contributed by atoms with Crippen molar-refractivity contribution in [3.63, 3.8) is 0 Å². The second-order valence-electron chi connectivity index (χ2n) is 7.76. The molecule has 2 heterocycles. The lowest BCUT2D eigenvalue weighted by molar-refractivity contribution is -0.115. The molecule has 0 aliphatic carbocycles. The number of aliphatic hydroxyl groups excluding tert-OH is 1. The minimum atomic E-state index is -0.210. The monoisotopic (exact) mass is 473 g/mol. The Labute approximate surface area is 208 Å². The Morgan fingerprint density at radius 1 is 1.09 bits per heavy atom. The fraction of sp³-hybridized carbons (Fsp3) is 0.250. The van der Waals surface area contributed by atoms with Crippen LogP contribution < -0.4 is 10.6 Å². The maximum Gasteiger partial charge on any atom is 0.253 e. The Bertz CT molecular complexity index is 1230. The zero-order valence-electron chi connectivity index (χ0n) is 21.1. The number of rotatable bonds is 6. The number of aliphatic hydroxyl groups is 1. The zero-order chi connectivity index (χ0) is 26.3. The van der Waals surface area contributed by atoms with E-state index in [1.54, 1.807) is 6.20 Å². The molecule has 7 heteroatoms. The fourth-order valence-corrected chi connectivity index (χ4v) is 3.60. The number of amides is 2. The van der Waals surface area contributed by atoms with Crippen molar-refractivity contribution < 1.29 is 16.1 Å². The molecule has 0 saturated heterocycles. The van der Waals surface area contributed by atoms with Gasteiger partial charge in [0.25, 0.3) is 11.8 Å². The van der Waals surface area contributed by atoms with Gasteiger partial charge in [-0.15, -0.1) is 12.8 Å². The zero-order valence-corrected chi connectivity index (χ0v) is 20.1. The van der Waals surface area contributed by atoms with Crippen LogP contribution in [0.15, 0.2) is 67.1 Å². The lowest BCUT2D eigenvalue weighted by Crippen LogP contribution is -2.29. The van der Waals surface area contributed by atoms with Crippen LogP contribution in [0.4, 0.5) is 0 Å². The molecule has 1 aliphatic rings. The molecule has 0 unspecified atom stereocenters. The maximum atomic E-state index is 12.1. The maximum absolute atomic E-state index is 12.1. The smallest absolute Gasteiger partial charge is 0.253 e. The molecule has 1 aliphatic heterocycles. The van der Waals surface area contributed by atoms with Crippen LogP contribution in [0.5, 0.6) is 0 Å². The Balaban J connectivity index is 0.000000229. The molecular formula is C28H32N4O3. The van der Waals surface area contributed by atoms with Gasteiger partial charge in [0.1, 0.15) is 1.37 Å². The third-order valence-electron chi connectivity index (χ3n) is 5.17. The van der Waals surface area contributed by atoms with Gasteiger partial charge in [0.15, 0.2) is 0 Å². The number of pyridine rings is 1. The lowest BCUT2D eigenvalue weighted by Gasteiger charge is -2.25. The van der Waals surface area contributed by atoms with Gasteiger partial charge in [0.2, 0.25) is 0 Å². The molecule has 0 fully saturated rings. The van der Waals surface area contributed by atoms with Crippen LogP contribution in [0.25, 0.3) is 16.3 Å². The molecule has 7 nitrogen and oxygen atoms in total. The van der Waals surface area contributed by atoms with Crippen LogP contribution >= 0.6 is 0 Å². The van der Waals surface area contributed by atoms with Gasteiger partial charge in [-0.1, -0.05) is 55.5 Å². The van der Waals surface area contributed by atoms with Crippen LogP contribution in [0.1, 0.15) is 36.2 Å². The fourth-order valence-electron chi connectivity index (χ4n) is 3.60. The van der Waals surface area contributed by atoms with Crippen LogP contribution in [0, 0.1) is 12.8 Å². The number of benzene rings is 2. The van der Waals surface area contributed by atoms with Crippen LogP contribution in [0.3, 0.4) is 0 Å². The molecule has 0 saturated carbocycles. The summed E-state index contributed by atoms with van der Waals surface area (Å²) >= 11 is 0. The summed E-state index contributed by atoms with van der Waals surface area (Å²) in [5.74, 6) is -0.191. The van der Waals surface area contributed by atoms with E-state index in [1.165, 1.54) is 18.2 Å². The van der Waals surface area contributed by atoms with Gasteiger partial charge >= 0.3 is 0 Å². The second kappa shape index (κ2) is 14.2. The molecule has 2 aromatic carbocycles. The molecule has 3 N–H and O–H groups in total. The quantitative estimate of drug-likeness (QED) is 0.478. The molecule has 1 aromatic heterocycles. The van der Waals surface area contributed by atoms with Gasteiger partial charge in [-0.3, -0.25) is 14.6 Å². The van der Waals surface area contributed by atoms with Crippen LogP contribution in [0.2, 0.25) is 0 Å². The molecule has 35 heavy (non-hydrogen) atoms. The third kappa shape index (κ3) is 7.42. The highest BCUT2D eigenvalue weighted by molar-refractivity contribution is 6.20. The van der Waals surface area contributed by atoms with Crippen molar-refractivity contribution in [2.45, 2.75) is 19.9 Å². The first kappa shape index (κ1) is 25.5. The van der Waals surface area contributed by atoms with E-state index in [-0.39, 0.29) is 25.0 Å². The minimum Gasteiger partial charge on any atom is -0.395 e. The van der Waals surface area contributed by atoms with Crippen molar-refractivity contribution in [1.29, 1.82) is 0 Å². The van der Waals surface area contributed by atoms with E-state index in [4.69, 9.17) is 6.48 Å². The third-order valence-corrected chi connectivity index (χ3v) is 5.17. The molecule has 0 atom stereocenters. The van der Waals surface area contributed by atoms with Gasteiger partial charge in [0, 0.05) is 50.7 Å². The topological polar surface area (TPSA) is 94.6 Å². The van der Waals surface area contributed by atoms with Crippen molar-refractivity contribution in [2.75, 3.05) is 26.7 Å². The summed E-state index contributed by atoms with van der Waals surface area (Å²) in [5, 5.41) is 16.0. The molecule has 2 amide bonds. The summed E-state index contributed by atoms with van der Waals surface area (Å²) in [6.45, 7) is 3.82. The summed E-state index contributed by atoms with van der Waals surface area (Å²) < 4.78 is 5.74. The largest absolute Gasteiger partial charge is 0.395 e. The Kier molecular flexibility index (Phi) is 10.3. The highest BCUT2D eigenvalue weighted by Crippen LogP contribution is 2.25. The van der Waals surface area contributed by atoms with E-state index < -0.39 is 0 Å². The molecule has 3 aromatic rings. The number of fused-ring (bicyclic) bond motifs is 2. The first-order valence-electron chi connectivity index (χ1n) is 11.8. The van der Waals surface area contributed by atoms with Crippen molar-refractivity contribution in [1.82, 2.24) is 20.5 Å². The van der Waals surface area contributed by atoms with Gasteiger partial charge in [-0.25, -0.2) is 0 Å². The van der Waals surface area contributed by atoms with Crippen LogP contribution in [-0.2, 0) is 11.3 Å². The van der Waals surface area contributed by atoms with E-state index in [1.807, 2.05) is 60.6 Å². The highest BCUT2D eigenvalue weighted by Gasteiger charge is 2.19. The van der Waals surface area contributed by atoms with Crippen molar-refractivity contribution in [3.8, 4) is 12.8 Å². The SMILES string of the molecule is CCCNC(=O)C1=CN(C)Cc2ccccc21.O=C(NCCO)c1cncc2ccccc12.[2H]C#C.